The highest BCUT2D eigenvalue weighted by molar-refractivity contribution is 6.31. The minimum absolute atomic E-state index is 0.0245. The smallest absolute Gasteiger partial charge is 0.407 e. The van der Waals surface area contributed by atoms with Crippen molar-refractivity contribution in [2.75, 3.05) is 50.0 Å². The van der Waals surface area contributed by atoms with Crippen LogP contribution in [-0.2, 0) is 12.4 Å². The summed E-state index contributed by atoms with van der Waals surface area (Å²) in [5.74, 6) is -4.91. The lowest BCUT2D eigenvalue weighted by Gasteiger charge is -2.26. The third kappa shape index (κ3) is 6.50. The van der Waals surface area contributed by atoms with E-state index in [-0.39, 0.29) is 25.7 Å². The van der Waals surface area contributed by atoms with E-state index in [9.17, 15) is 49.8 Å². The van der Waals surface area contributed by atoms with Crippen molar-refractivity contribution in [1.82, 2.24) is 10.2 Å². The summed E-state index contributed by atoms with van der Waals surface area (Å²) in [6.07, 6.45) is -14.5. The molecule has 1 aliphatic rings. The molecule has 1 fully saturated rings. The van der Waals surface area contributed by atoms with E-state index in [1.165, 1.54) is 7.05 Å². The molecule has 1 aliphatic heterocycles. The molecule has 2 aromatic carbocycles. The number of aliphatic hydroxyl groups excluding tert-OH is 1. The number of nitrogens with one attached hydrogen (secondary N) is 1. The predicted octanol–water partition coefficient (Wildman–Crippen LogP) is 5.11. The third-order valence-corrected chi connectivity index (χ3v) is 5.93. The maximum absolute atomic E-state index is 14.7. The molecule has 0 aromatic heterocycles. The van der Waals surface area contributed by atoms with E-state index < -0.39 is 100.0 Å². The summed E-state index contributed by atoms with van der Waals surface area (Å²) < 4.78 is 139. The van der Waals surface area contributed by atoms with Gasteiger partial charge in [0.1, 0.15) is 16.4 Å². The number of β-amino-alcohol motifs (C(OH)–C–C–N with tert-alkyl or cyclic N) is 1. The molecule has 0 bridgehead atoms. The highest BCUT2D eigenvalue weighted by atomic mass is 35.5. The van der Waals surface area contributed by atoms with Crippen molar-refractivity contribution in [2.24, 2.45) is 0 Å². The molecular weight excluding hydrogens is 584 g/mol. The molecule has 1 saturated heterocycles. The van der Waals surface area contributed by atoms with E-state index in [1.54, 1.807) is 0 Å². The number of carbonyl (C=O) groups excluding carboxylic acids is 2. The lowest BCUT2D eigenvalue weighted by Crippen LogP contribution is -2.40. The van der Waals surface area contributed by atoms with Crippen LogP contribution in [0.4, 0.5) is 56.1 Å². The van der Waals surface area contributed by atoms with Gasteiger partial charge in [0.05, 0.1) is 23.0 Å². The molecule has 0 saturated carbocycles. The van der Waals surface area contributed by atoms with Gasteiger partial charge in [-0.25, -0.2) is 18.4 Å². The molecule has 1 unspecified atom stereocenters. The lowest BCUT2D eigenvalue weighted by atomic mass is 10.1. The number of urea groups is 1. The van der Waals surface area contributed by atoms with Crippen molar-refractivity contribution in [1.29, 1.82) is 0 Å². The second kappa shape index (κ2) is 11.6. The average molecular weight is 608 g/mol. The number of halogens is 9. The van der Waals surface area contributed by atoms with Crippen LogP contribution in [0.15, 0.2) is 24.3 Å². The average Bonchev–Trinajstić information content (AvgIpc) is 3.21. The Balaban J connectivity index is 2.21. The molecule has 0 spiro atoms. The number of likely N-dealkylation sites (N-methyl/N-ethyl adjacent to an activating group) is 1. The fourth-order valence-electron chi connectivity index (χ4n) is 3.75. The number of nitrogens with zero attached hydrogens (tertiary/aromatic N) is 3. The predicted molar refractivity (Wildman–Crippen MR) is 126 cm³/mol. The molecule has 0 radical (unpaired) electrons. The van der Waals surface area contributed by atoms with Crippen LogP contribution in [0.3, 0.4) is 0 Å². The molecule has 1 atom stereocenters. The van der Waals surface area contributed by atoms with Gasteiger partial charge in [-0.3, -0.25) is 9.80 Å². The number of anilines is 2. The van der Waals surface area contributed by atoms with Crippen LogP contribution in [0, 0.1) is 11.6 Å². The molecular formula is C23H21ClF8N4O4. The van der Waals surface area contributed by atoms with Gasteiger partial charge in [-0.15, -0.1) is 0 Å². The van der Waals surface area contributed by atoms with Crippen molar-refractivity contribution < 1.29 is 58.7 Å². The second-order valence-electron chi connectivity index (χ2n) is 8.36. The molecule has 220 valence electrons. The highest BCUT2D eigenvalue weighted by Crippen LogP contribution is 2.47. The highest BCUT2D eigenvalue weighted by Gasteiger charge is 2.44. The summed E-state index contributed by atoms with van der Waals surface area (Å²) in [6.45, 7) is -4.95. The number of rotatable bonds is 7. The van der Waals surface area contributed by atoms with Gasteiger partial charge in [-0.1, -0.05) is 11.6 Å². The van der Waals surface area contributed by atoms with Gasteiger partial charge >= 0.3 is 24.5 Å². The van der Waals surface area contributed by atoms with Gasteiger partial charge in [0, 0.05) is 37.3 Å². The van der Waals surface area contributed by atoms with Crippen LogP contribution >= 0.6 is 11.6 Å². The molecule has 40 heavy (non-hydrogen) atoms. The van der Waals surface area contributed by atoms with Crippen LogP contribution in [0.2, 0.25) is 5.02 Å². The van der Waals surface area contributed by atoms with Gasteiger partial charge < -0.3 is 20.1 Å². The topological polar surface area (TPSA) is 85.3 Å². The summed E-state index contributed by atoms with van der Waals surface area (Å²) in [5.41, 5.74) is -6.62. The molecule has 0 aliphatic carbocycles. The summed E-state index contributed by atoms with van der Waals surface area (Å²) in [7, 11) is 1.47. The van der Waals surface area contributed by atoms with Crippen LogP contribution in [0.25, 0.3) is 0 Å². The molecule has 3 amide bonds. The zero-order chi connectivity index (χ0) is 32.7. The number of carbonyl (C=O) groups is 2. The van der Waals surface area contributed by atoms with Crippen molar-refractivity contribution >= 4 is 35.1 Å². The van der Waals surface area contributed by atoms with Gasteiger partial charge in [0.25, 0.3) is 0 Å². The number of hydrogen-bond acceptors (Lipinski definition) is 5. The fourth-order valence-corrected chi connectivity index (χ4v) is 3.91. The third-order valence-electron chi connectivity index (χ3n) is 5.59. The van der Waals surface area contributed by atoms with Gasteiger partial charge in [0.15, 0.2) is 11.6 Å². The first kappa shape index (κ1) is 26.8. The van der Waals surface area contributed by atoms with Crippen molar-refractivity contribution in [3.63, 3.8) is 0 Å². The Morgan fingerprint density at radius 1 is 1.20 bits per heavy atom. The number of hydrogen-bond donors (Lipinski definition) is 2. The van der Waals surface area contributed by atoms with E-state index in [4.69, 9.17) is 20.5 Å². The van der Waals surface area contributed by atoms with Crippen LogP contribution in [0.5, 0.6) is 5.75 Å². The number of alkyl halides is 6. The Kier molecular flexibility index (Phi) is 7.80. The first-order valence-electron chi connectivity index (χ1n) is 12.6. The summed E-state index contributed by atoms with van der Waals surface area (Å²) in [6, 6.07) is -0.656. The monoisotopic (exact) mass is 607 g/mol. The van der Waals surface area contributed by atoms with Crippen molar-refractivity contribution in [3.8, 4) is 5.75 Å². The Morgan fingerprint density at radius 3 is 2.45 bits per heavy atom. The van der Waals surface area contributed by atoms with E-state index in [1.807, 2.05) is 0 Å². The molecule has 17 heteroatoms. The Bertz CT molecular complexity index is 1390. The number of ether oxygens (including phenoxy) is 1. The quantitative estimate of drug-likeness (QED) is 0.338. The zero-order valence-corrected chi connectivity index (χ0v) is 20.9. The van der Waals surface area contributed by atoms with Crippen LogP contribution in [-0.4, -0.2) is 68.4 Å². The lowest BCUT2D eigenvalue weighted by molar-refractivity contribution is -0.143. The summed E-state index contributed by atoms with van der Waals surface area (Å²) in [5, 5.41) is 11.3. The molecule has 2 N–H and O–H groups in total. The maximum Gasteiger partial charge on any atom is 0.420 e. The van der Waals surface area contributed by atoms with E-state index in [0.29, 0.717) is 17.0 Å². The largest absolute Gasteiger partial charge is 0.420 e. The Labute approximate surface area is 230 Å². The molecule has 2 aromatic rings. The number of benzene rings is 2. The van der Waals surface area contributed by atoms with Gasteiger partial charge in [0.2, 0.25) is 0 Å². The Hall–Kier alpha value is -3.37. The molecule has 1 heterocycles. The van der Waals surface area contributed by atoms with Crippen LogP contribution < -0.4 is 19.9 Å². The van der Waals surface area contributed by atoms with Crippen molar-refractivity contribution in [2.45, 2.75) is 18.5 Å². The summed E-state index contributed by atoms with van der Waals surface area (Å²) >= 11 is 5.45. The first-order valence-corrected chi connectivity index (χ1v) is 11.4. The molecule has 3 rings (SSSR count). The Morgan fingerprint density at radius 2 is 1.88 bits per heavy atom. The number of aliphatic hydroxyl groups is 1. The maximum atomic E-state index is 14.7. The van der Waals surface area contributed by atoms with Gasteiger partial charge in [-0.2, -0.15) is 26.3 Å². The second-order valence-corrected chi connectivity index (χ2v) is 8.74. The zero-order valence-electron chi connectivity index (χ0n) is 23.1. The minimum Gasteiger partial charge on any atom is -0.407 e. The first-order chi connectivity index (χ1) is 19.7. The molecule has 8 nitrogen and oxygen atoms in total. The van der Waals surface area contributed by atoms with E-state index in [0.717, 1.165) is 4.90 Å². The summed E-state index contributed by atoms with van der Waals surface area (Å²) in [4.78, 5) is 27.0. The fraction of sp³-hybridized carbons (Fsp3) is 0.391. The van der Waals surface area contributed by atoms with Crippen molar-refractivity contribution in [3.05, 3.63) is 52.0 Å². The minimum atomic E-state index is -5.67. The van der Waals surface area contributed by atoms with E-state index in [2.05, 4.69) is 5.32 Å². The number of amides is 3. The standard InChI is InChI=1S/C23H21ClF8N4O4/c1-33-9-12(37)10-35-5-6-36(20(35)38)16-8-11(22(27,28)29)7-13(23(30,31)32)19(16)40-21(39)34(2)15-4-3-14(25)17(24)18(15)26/h3-4,7-8,12,33,37H,5-6,9-10H2,1-2H3/i2D3. The normalized spacial score (nSPS) is 16.5. The van der Waals surface area contributed by atoms with E-state index >= 15 is 0 Å². The SMILES string of the molecule is [2H]C([2H])([2H])N(C(=O)Oc1c(N2CCN(CC(O)CNC)C2=O)cc(C(F)(F)F)cc1C(F)(F)F)c1ccc(F)c(Cl)c1F. The van der Waals surface area contributed by atoms with Gasteiger partial charge in [-0.05, 0) is 31.3 Å². The van der Waals surface area contributed by atoms with Crippen LogP contribution in [0.1, 0.15) is 15.2 Å².